The van der Waals surface area contributed by atoms with Crippen LogP contribution in [0.3, 0.4) is 0 Å². The van der Waals surface area contributed by atoms with E-state index < -0.39 is 17.7 Å². The third-order valence-corrected chi connectivity index (χ3v) is 7.80. The van der Waals surface area contributed by atoms with Gasteiger partial charge in [-0.3, -0.25) is 10.4 Å². The summed E-state index contributed by atoms with van der Waals surface area (Å²) in [7, 11) is 1.49. The van der Waals surface area contributed by atoms with Crippen LogP contribution in [0.4, 0.5) is 9.18 Å². The van der Waals surface area contributed by atoms with Crippen LogP contribution in [0, 0.1) is 17.2 Å². The molecule has 1 saturated carbocycles. The minimum atomic E-state index is -2.10. The predicted octanol–water partition coefficient (Wildman–Crippen LogP) is 6.03. The van der Waals surface area contributed by atoms with Crippen molar-refractivity contribution in [3.8, 4) is 17.0 Å². The summed E-state index contributed by atoms with van der Waals surface area (Å²) >= 11 is 6.29. The van der Waals surface area contributed by atoms with Gasteiger partial charge in [0.2, 0.25) is 5.82 Å². The van der Waals surface area contributed by atoms with Gasteiger partial charge in [0.25, 0.3) is 5.90 Å². The molecular weight excluding hydrogens is 549 g/mol. The summed E-state index contributed by atoms with van der Waals surface area (Å²) in [4.78, 5) is 29.3. The highest BCUT2D eigenvalue weighted by molar-refractivity contribution is 6.30. The molecule has 3 aromatic heterocycles. The van der Waals surface area contributed by atoms with Gasteiger partial charge in [-0.1, -0.05) is 49.6 Å². The molecule has 0 aliphatic heterocycles. The third-order valence-electron chi connectivity index (χ3n) is 7.60. The SMILES string of the molecule is COc1ccccc1C(C)(F)c1nc2nc(C(=N)OC(N)=O)nc(-c3cncc(Cl)c3)c2n1C[C@H]1CC[C@H](C)CC1. The first kappa shape index (κ1) is 28.4. The molecule has 10 nitrogen and oxygen atoms in total. The normalized spacial score (nSPS) is 18.6. The molecule has 214 valence electrons. The standard InChI is InChI=1S/C29H31ClFN7O3/c1-16-8-10-17(11-9-16)15-38-23-22(18-12-19(30)14-34-13-18)35-26(24(32)41-28(33)39)36-25(23)37-27(38)29(2,31)20-6-4-5-7-21(20)40-3/h4-7,12-14,16-17,32H,8-11,15H2,1-3H3,(H2,33,39)/t16-,17-,29?. The fourth-order valence-electron chi connectivity index (χ4n) is 5.49. The van der Waals surface area contributed by atoms with Crippen LogP contribution in [0.25, 0.3) is 22.4 Å². The fraction of sp³-hybridized carbons (Fsp3) is 0.379. The smallest absolute Gasteiger partial charge is 0.411 e. The molecule has 1 unspecified atom stereocenters. The Bertz CT molecular complexity index is 1620. The van der Waals surface area contributed by atoms with Crippen LogP contribution in [0.5, 0.6) is 5.75 Å². The fourth-order valence-corrected chi connectivity index (χ4v) is 5.66. The number of amides is 1. The van der Waals surface area contributed by atoms with Crippen molar-refractivity contribution in [3.63, 3.8) is 0 Å². The van der Waals surface area contributed by atoms with E-state index >= 15 is 4.39 Å². The van der Waals surface area contributed by atoms with Crippen LogP contribution in [0.15, 0.2) is 42.7 Å². The maximum atomic E-state index is 17.2. The summed E-state index contributed by atoms with van der Waals surface area (Å²) in [6.45, 7) is 4.17. The molecule has 0 bridgehead atoms. The number of imidazole rings is 1. The molecule has 1 fully saturated rings. The van der Waals surface area contributed by atoms with Gasteiger partial charge in [0.1, 0.15) is 17.0 Å². The van der Waals surface area contributed by atoms with Gasteiger partial charge in [0.05, 0.1) is 12.1 Å². The van der Waals surface area contributed by atoms with Crippen molar-refractivity contribution in [2.75, 3.05) is 7.11 Å². The van der Waals surface area contributed by atoms with Crippen molar-refractivity contribution in [2.24, 2.45) is 17.6 Å². The number of aromatic nitrogens is 5. The van der Waals surface area contributed by atoms with Gasteiger partial charge >= 0.3 is 6.09 Å². The van der Waals surface area contributed by atoms with E-state index in [0.29, 0.717) is 45.6 Å². The maximum Gasteiger partial charge on any atom is 0.411 e. The zero-order valence-electron chi connectivity index (χ0n) is 23.0. The van der Waals surface area contributed by atoms with Crippen LogP contribution < -0.4 is 10.5 Å². The second-order valence-corrected chi connectivity index (χ2v) is 11.0. The van der Waals surface area contributed by atoms with Crippen LogP contribution >= 0.6 is 11.6 Å². The number of nitrogens with two attached hydrogens (primary N) is 1. The average molecular weight is 580 g/mol. The van der Waals surface area contributed by atoms with Gasteiger partial charge < -0.3 is 19.8 Å². The number of primary amides is 1. The second kappa shape index (κ2) is 11.4. The van der Waals surface area contributed by atoms with Crippen molar-refractivity contribution in [2.45, 2.75) is 51.7 Å². The lowest BCUT2D eigenvalue weighted by molar-refractivity contribution is 0.207. The highest BCUT2D eigenvalue weighted by Gasteiger charge is 2.39. The Hall–Kier alpha value is -4.12. The number of hydrogen-bond acceptors (Lipinski definition) is 8. The topological polar surface area (TPSA) is 142 Å². The van der Waals surface area contributed by atoms with E-state index in [1.54, 1.807) is 36.5 Å². The molecular formula is C29H31ClFN7O3. The Morgan fingerprint density at radius 2 is 1.93 bits per heavy atom. The largest absolute Gasteiger partial charge is 0.496 e. The number of nitrogens with one attached hydrogen (secondary N) is 1. The molecule has 0 saturated heterocycles. The first-order valence-corrected chi connectivity index (χ1v) is 13.7. The third kappa shape index (κ3) is 5.72. The van der Waals surface area contributed by atoms with Crippen molar-refractivity contribution in [1.82, 2.24) is 24.5 Å². The number of methoxy groups -OCH3 is 1. The molecule has 1 aliphatic carbocycles. The molecule has 1 aromatic carbocycles. The Kier molecular flexibility index (Phi) is 7.90. The molecule has 0 spiro atoms. The van der Waals surface area contributed by atoms with Gasteiger partial charge in [-0.05, 0) is 43.7 Å². The number of alkyl halides is 1. The van der Waals surface area contributed by atoms with E-state index in [1.165, 1.54) is 20.2 Å². The molecule has 41 heavy (non-hydrogen) atoms. The molecule has 3 heterocycles. The number of para-hydroxylation sites is 1. The molecule has 3 N–H and O–H groups in total. The lowest BCUT2D eigenvalue weighted by Gasteiger charge is -2.29. The van der Waals surface area contributed by atoms with E-state index in [4.69, 9.17) is 37.2 Å². The highest BCUT2D eigenvalue weighted by Crippen LogP contribution is 2.42. The number of pyridine rings is 1. The Morgan fingerprint density at radius 3 is 2.61 bits per heavy atom. The number of nitrogens with zero attached hydrogens (tertiary/aromatic N) is 5. The van der Waals surface area contributed by atoms with Crippen LogP contribution in [0.2, 0.25) is 5.02 Å². The Labute approximate surface area is 241 Å². The van der Waals surface area contributed by atoms with E-state index in [-0.39, 0.29) is 23.2 Å². The molecule has 1 atom stereocenters. The number of fused-ring (bicyclic) bond motifs is 1. The summed E-state index contributed by atoms with van der Waals surface area (Å²) in [5, 5.41) is 8.57. The second-order valence-electron chi connectivity index (χ2n) is 10.6. The summed E-state index contributed by atoms with van der Waals surface area (Å²) < 4.78 is 29.3. The average Bonchev–Trinajstić information content (AvgIpc) is 3.32. The number of carbonyl (C=O) groups is 1. The van der Waals surface area contributed by atoms with E-state index in [9.17, 15) is 4.79 Å². The first-order valence-electron chi connectivity index (χ1n) is 13.4. The van der Waals surface area contributed by atoms with Crippen molar-refractivity contribution < 1.29 is 18.7 Å². The molecule has 4 aromatic rings. The minimum Gasteiger partial charge on any atom is -0.496 e. The summed E-state index contributed by atoms with van der Waals surface area (Å²) in [5.41, 5.74) is 4.74. The maximum absolute atomic E-state index is 17.2. The molecule has 1 aliphatic rings. The number of carbonyl (C=O) groups excluding carboxylic acids is 1. The van der Waals surface area contributed by atoms with Crippen LogP contribution in [0.1, 0.15) is 56.7 Å². The number of ether oxygens (including phenoxy) is 2. The van der Waals surface area contributed by atoms with E-state index in [1.807, 2.05) is 4.57 Å². The summed E-state index contributed by atoms with van der Waals surface area (Å²) in [6.07, 6.45) is 6.00. The van der Waals surface area contributed by atoms with Crippen molar-refractivity contribution in [3.05, 3.63) is 65.0 Å². The highest BCUT2D eigenvalue weighted by atomic mass is 35.5. The van der Waals surface area contributed by atoms with E-state index in [0.717, 1.165) is 25.7 Å². The Morgan fingerprint density at radius 1 is 1.20 bits per heavy atom. The van der Waals surface area contributed by atoms with Gasteiger partial charge in [0, 0.05) is 30.1 Å². The number of halogens is 2. The number of hydrogen-bond donors (Lipinski definition) is 2. The number of rotatable bonds is 7. The number of benzene rings is 1. The minimum absolute atomic E-state index is 0.112. The summed E-state index contributed by atoms with van der Waals surface area (Å²) in [5.74, 6) is 0.497. The molecule has 1 amide bonds. The first-order chi connectivity index (χ1) is 19.6. The lowest BCUT2D eigenvalue weighted by Crippen LogP contribution is -2.26. The van der Waals surface area contributed by atoms with Gasteiger partial charge in [-0.15, -0.1) is 0 Å². The van der Waals surface area contributed by atoms with Gasteiger partial charge in [-0.25, -0.2) is 24.1 Å². The lowest BCUT2D eigenvalue weighted by atomic mass is 9.83. The Balaban J connectivity index is 1.79. The van der Waals surface area contributed by atoms with Crippen LogP contribution in [-0.4, -0.2) is 43.6 Å². The predicted molar refractivity (Wildman–Crippen MR) is 153 cm³/mol. The van der Waals surface area contributed by atoms with Gasteiger partial charge in [-0.2, -0.15) is 0 Å². The molecule has 5 rings (SSSR count). The van der Waals surface area contributed by atoms with E-state index in [2.05, 4.69) is 21.9 Å². The summed E-state index contributed by atoms with van der Waals surface area (Å²) in [6, 6.07) is 8.55. The van der Waals surface area contributed by atoms with Crippen molar-refractivity contribution >= 4 is 34.8 Å². The van der Waals surface area contributed by atoms with Gasteiger partial charge in [0.15, 0.2) is 17.1 Å². The molecule has 0 radical (unpaired) electrons. The van der Waals surface area contributed by atoms with Crippen molar-refractivity contribution in [1.29, 1.82) is 5.41 Å². The quantitative estimate of drug-likeness (QED) is 0.201. The zero-order valence-corrected chi connectivity index (χ0v) is 23.8. The van der Waals surface area contributed by atoms with Crippen LogP contribution in [-0.2, 0) is 17.0 Å². The monoisotopic (exact) mass is 579 g/mol. The zero-order chi connectivity index (χ0) is 29.3. The molecule has 12 heteroatoms.